The van der Waals surface area contributed by atoms with E-state index in [0.717, 1.165) is 18.4 Å². The molecule has 0 fully saturated rings. The Morgan fingerprint density at radius 1 is 1.17 bits per heavy atom. The van der Waals surface area contributed by atoms with Gasteiger partial charge < -0.3 is 14.6 Å². The topological polar surface area (TPSA) is 90.1 Å². The molecule has 156 valence electrons. The van der Waals surface area contributed by atoms with Gasteiger partial charge in [-0.2, -0.15) is 0 Å². The number of methoxy groups -OCH3 is 2. The molecule has 0 saturated carbocycles. The predicted molar refractivity (Wildman–Crippen MR) is 116 cm³/mol. The third-order valence-electron chi connectivity index (χ3n) is 4.83. The lowest BCUT2D eigenvalue weighted by Crippen LogP contribution is -2.22. The first-order valence-corrected chi connectivity index (χ1v) is 9.67. The molecule has 2 heterocycles. The minimum absolute atomic E-state index is 0.0391. The molecule has 3 aromatic rings. The molecule has 0 amide bonds. The number of pyridine rings is 1. The van der Waals surface area contributed by atoms with Crippen LogP contribution in [0, 0.1) is 0 Å². The molecule has 0 atom stereocenters. The van der Waals surface area contributed by atoms with E-state index in [9.17, 15) is 14.7 Å². The minimum atomic E-state index is -1.09. The second-order valence-electron chi connectivity index (χ2n) is 6.78. The van der Waals surface area contributed by atoms with Gasteiger partial charge in [0.1, 0.15) is 17.1 Å². The normalized spacial score (nSPS) is 11.2. The number of unbranched alkanes of at least 4 members (excludes halogenated alkanes) is 1. The molecular weight excluding hydrogens is 384 g/mol. The Balaban J connectivity index is 2.15. The first-order valence-electron chi connectivity index (χ1n) is 9.67. The summed E-state index contributed by atoms with van der Waals surface area (Å²) in [6.07, 6.45) is 7.24. The number of carboxylic acid groups (broad SMARTS) is 1. The number of ether oxygens (including phenoxy) is 2. The lowest BCUT2D eigenvalue weighted by atomic mass is 10.1. The number of benzene rings is 1. The Morgan fingerprint density at radius 2 is 1.97 bits per heavy atom. The predicted octanol–water partition coefficient (Wildman–Crippen LogP) is 3.92. The van der Waals surface area contributed by atoms with Crippen molar-refractivity contribution < 1.29 is 19.4 Å². The lowest BCUT2D eigenvalue weighted by Gasteiger charge is -2.10. The molecule has 0 unspecified atom stereocenters. The Kier molecular flexibility index (Phi) is 6.51. The van der Waals surface area contributed by atoms with Gasteiger partial charge in [0.25, 0.3) is 5.56 Å². The molecule has 7 nitrogen and oxygen atoms in total. The average Bonchev–Trinajstić information content (AvgIpc) is 2.76. The monoisotopic (exact) mass is 408 g/mol. The highest BCUT2D eigenvalue weighted by Crippen LogP contribution is 2.26. The van der Waals surface area contributed by atoms with Crippen molar-refractivity contribution in [1.82, 2.24) is 9.38 Å². The molecule has 3 rings (SSSR count). The molecule has 7 heteroatoms. The SMILES string of the molecule is CCCCc1c(C=Cc2cc(OC)ccc2OC)nc2ccc(C(=O)O)cn2c1=O. The van der Waals surface area contributed by atoms with Gasteiger partial charge in [0.2, 0.25) is 0 Å². The van der Waals surface area contributed by atoms with Gasteiger partial charge in [-0.3, -0.25) is 9.20 Å². The van der Waals surface area contributed by atoms with Crippen LogP contribution >= 0.6 is 0 Å². The molecule has 0 radical (unpaired) electrons. The van der Waals surface area contributed by atoms with Gasteiger partial charge in [0, 0.05) is 17.3 Å². The van der Waals surface area contributed by atoms with E-state index in [1.165, 1.54) is 22.7 Å². The van der Waals surface area contributed by atoms with Crippen LogP contribution in [0.15, 0.2) is 41.3 Å². The number of rotatable bonds is 8. The average molecular weight is 408 g/mol. The first-order chi connectivity index (χ1) is 14.5. The molecule has 0 aliphatic heterocycles. The largest absolute Gasteiger partial charge is 0.497 e. The number of hydrogen-bond donors (Lipinski definition) is 1. The van der Waals surface area contributed by atoms with Crippen molar-refractivity contribution in [3.63, 3.8) is 0 Å². The fourth-order valence-electron chi connectivity index (χ4n) is 3.18. The molecule has 1 aromatic carbocycles. The highest BCUT2D eigenvalue weighted by molar-refractivity contribution is 5.87. The van der Waals surface area contributed by atoms with Gasteiger partial charge in [-0.05, 0) is 55.3 Å². The number of carbonyl (C=O) groups is 1. The van der Waals surface area contributed by atoms with Crippen molar-refractivity contribution in [2.45, 2.75) is 26.2 Å². The third-order valence-corrected chi connectivity index (χ3v) is 4.83. The van der Waals surface area contributed by atoms with E-state index >= 15 is 0 Å². The maximum Gasteiger partial charge on any atom is 0.337 e. The number of aromatic carboxylic acids is 1. The molecule has 0 aliphatic carbocycles. The van der Waals surface area contributed by atoms with E-state index in [2.05, 4.69) is 4.98 Å². The van der Waals surface area contributed by atoms with Gasteiger partial charge in [-0.15, -0.1) is 0 Å². The first kappa shape index (κ1) is 21.1. The van der Waals surface area contributed by atoms with Gasteiger partial charge in [0.05, 0.1) is 25.5 Å². The molecule has 0 saturated heterocycles. The van der Waals surface area contributed by atoms with Gasteiger partial charge in [-0.25, -0.2) is 9.78 Å². The minimum Gasteiger partial charge on any atom is -0.497 e. The summed E-state index contributed by atoms with van der Waals surface area (Å²) in [5, 5.41) is 9.23. The van der Waals surface area contributed by atoms with Crippen molar-refractivity contribution in [3.8, 4) is 11.5 Å². The Morgan fingerprint density at radius 3 is 2.63 bits per heavy atom. The summed E-state index contributed by atoms with van der Waals surface area (Å²) in [6, 6.07) is 8.44. The van der Waals surface area contributed by atoms with E-state index in [0.29, 0.717) is 34.8 Å². The van der Waals surface area contributed by atoms with Crippen molar-refractivity contribution in [2.24, 2.45) is 0 Å². The van der Waals surface area contributed by atoms with E-state index in [1.807, 2.05) is 31.2 Å². The second kappa shape index (κ2) is 9.26. The highest BCUT2D eigenvalue weighted by Gasteiger charge is 2.13. The van der Waals surface area contributed by atoms with Crippen LogP contribution in [0.2, 0.25) is 0 Å². The maximum absolute atomic E-state index is 13.1. The number of carboxylic acids is 1. The number of hydrogen-bond acceptors (Lipinski definition) is 5. The van der Waals surface area contributed by atoms with Crippen molar-refractivity contribution in [2.75, 3.05) is 14.2 Å². The molecule has 0 spiro atoms. The zero-order valence-electron chi connectivity index (χ0n) is 17.2. The van der Waals surface area contributed by atoms with E-state index in [1.54, 1.807) is 20.3 Å². The fraction of sp³-hybridized carbons (Fsp3) is 0.261. The summed E-state index contributed by atoms with van der Waals surface area (Å²) < 4.78 is 12.0. The standard InChI is InChI=1S/C23H24N2O5/c1-4-5-6-18-19(10-7-15-13-17(29-2)9-11-20(15)30-3)24-21-12-8-16(23(27)28)14-25(21)22(18)26/h7-14H,4-6H2,1-3H3,(H,27,28). The molecule has 0 aliphatic rings. The van der Waals surface area contributed by atoms with Crippen LogP contribution in [-0.2, 0) is 6.42 Å². The smallest absolute Gasteiger partial charge is 0.337 e. The van der Waals surface area contributed by atoms with Crippen LogP contribution in [0.4, 0.5) is 0 Å². The van der Waals surface area contributed by atoms with Crippen molar-refractivity contribution in [1.29, 1.82) is 0 Å². The second-order valence-corrected chi connectivity index (χ2v) is 6.78. The quantitative estimate of drug-likeness (QED) is 0.608. The van der Waals surface area contributed by atoms with E-state index < -0.39 is 5.97 Å². The summed E-state index contributed by atoms with van der Waals surface area (Å²) >= 11 is 0. The molecule has 30 heavy (non-hydrogen) atoms. The van der Waals surface area contributed by atoms with Crippen molar-refractivity contribution in [3.05, 3.63) is 69.3 Å². The van der Waals surface area contributed by atoms with Crippen LogP contribution in [0.25, 0.3) is 17.8 Å². The zero-order valence-corrected chi connectivity index (χ0v) is 17.2. The summed E-state index contributed by atoms with van der Waals surface area (Å²) in [5.74, 6) is 0.271. The van der Waals surface area contributed by atoms with Crippen LogP contribution in [0.5, 0.6) is 11.5 Å². The summed E-state index contributed by atoms with van der Waals surface area (Å²) in [4.78, 5) is 29.0. The van der Waals surface area contributed by atoms with Gasteiger partial charge in [-0.1, -0.05) is 13.3 Å². The Bertz CT molecular complexity index is 1160. The van der Waals surface area contributed by atoms with E-state index in [4.69, 9.17) is 9.47 Å². The Hall–Kier alpha value is -3.61. The summed E-state index contributed by atoms with van der Waals surface area (Å²) in [5.41, 5.74) is 2.08. The van der Waals surface area contributed by atoms with Crippen LogP contribution in [0.1, 0.15) is 46.9 Å². The molecule has 0 bridgehead atoms. The van der Waals surface area contributed by atoms with Gasteiger partial charge >= 0.3 is 5.97 Å². The fourth-order valence-corrected chi connectivity index (χ4v) is 3.18. The zero-order chi connectivity index (χ0) is 21.7. The van der Waals surface area contributed by atoms with Crippen LogP contribution in [-0.4, -0.2) is 34.7 Å². The summed E-state index contributed by atoms with van der Waals surface area (Å²) in [7, 11) is 3.18. The van der Waals surface area contributed by atoms with Crippen LogP contribution in [0.3, 0.4) is 0 Å². The van der Waals surface area contributed by atoms with E-state index in [-0.39, 0.29) is 11.1 Å². The number of nitrogens with zero attached hydrogens (tertiary/aromatic N) is 2. The van der Waals surface area contributed by atoms with Gasteiger partial charge in [0.15, 0.2) is 0 Å². The highest BCUT2D eigenvalue weighted by atomic mass is 16.5. The molecule has 1 N–H and O–H groups in total. The van der Waals surface area contributed by atoms with Crippen LogP contribution < -0.4 is 15.0 Å². The molecular formula is C23H24N2O5. The van der Waals surface area contributed by atoms with Crippen molar-refractivity contribution >= 4 is 23.8 Å². The third kappa shape index (κ3) is 4.35. The molecule has 2 aromatic heterocycles. The lowest BCUT2D eigenvalue weighted by molar-refractivity contribution is 0.0696. The number of fused-ring (bicyclic) bond motifs is 1. The summed E-state index contributed by atoms with van der Waals surface area (Å²) in [6.45, 7) is 2.05. The maximum atomic E-state index is 13.1. The Labute approximate surface area is 174 Å². The number of aromatic nitrogens is 2.